The van der Waals surface area contributed by atoms with Gasteiger partial charge in [0.15, 0.2) is 0 Å². The lowest BCUT2D eigenvalue weighted by Crippen LogP contribution is -2.40. The van der Waals surface area contributed by atoms with Crippen LogP contribution in [0.25, 0.3) is 28.9 Å². The highest BCUT2D eigenvalue weighted by molar-refractivity contribution is 5.82. The third-order valence-corrected chi connectivity index (χ3v) is 6.50. The fourth-order valence-corrected chi connectivity index (χ4v) is 4.73. The molecule has 2 aromatic heterocycles. The van der Waals surface area contributed by atoms with E-state index >= 15 is 0 Å². The Bertz CT molecular complexity index is 1120. The standard InChI is InChI=1S/C23H34N6O2/c1-23(2,30)16-4-5-17-18(11-16)29(13-14-6-8-31-9-7-14)19-10-15(12-27-20(17)19)21(22(24)25)28(3)26/h5,10-12,14,16,30H,4,6-9,13,24-26H2,1-3H3. The number of ether oxygens (including phenoxy) is 1. The van der Waals surface area contributed by atoms with Crippen molar-refractivity contribution in [3.63, 3.8) is 0 Å². The van der Waals surface area contributed by atoms with Crippen molar-refractivity contribution < 1.29 is 9.84 Å². The average Bonchev–Trinajstić information content (AvgIpc) is 3.00. The molecule has 1 saturated heterocycles. The van der Waals surface area contributed by atoms with E-state index in [1.165, 1.54) is 5.01 Å². The molecular weight excluding hydrogens is 392 g/mol. The monoisotopic (exact) mass is 426 g/mol. The van der Waals surface area contributed by atoms with E-state index in [9.17, 15) is 5.11 Å². The van der Waals surface area contributed by atoms with Crippen LogP contribution in [0.5, 0.6) is 0 Å². The van der Waals surface area contributed by atoms with E-state index in [1.807, 2.05) is 13.8 Å². The van der Waals surface area contributed by atoms with Crippen LogP contribution in [-0.2, 0) is 11.3 Å². The molecule has 3 heterocycles. The van der Waals surface area contributed by atoms with E-state index in [2.05, 4.69) is 22.8 Å². The maximum absolute atomic E-state index is 10.6. The van der Waals surface area contributed by atoms with Crippen molar-refractivity contribution in [2.24, 2.45) is 29.1 Å². The number of hydrogen-bond acceptors (Lipinski definition) is 7. The molecule has 31 heavy (non-hydrogen) atoms. The number of rotatable bonds is 5. The summed E-state index contributed by atoms with van der Waals surface area (Å²) in [5.41, 5.74) is 14.3. The van der Waals surface area contributed by atoms with Gasteiger partial charge in [0.1, 0.15) is 11.5 Å². The lowest BCUT2D eigenvalue weighted by atomic mass is 9.85. The van der Waals surface area contributed by atoms with E-state index in [0.29, 0.717) is 11.6 Å². The first-order valence-electron chi connectivity index (χ1n) is 10.9. The van der Waals surface area contributed by atoms with E-state index in [1.54, 1.807) is 13.2 Å². The lowest BCUT2D eigenvalue weighted by molar-refractivity contribution is 0.0448. The number of nitrogens with zero attached hydrogens (tertiary/aromatic N) is 3. The van der Waals surface area contributed by atoms with Gasteiger partial charge in [-0.3, -0.25) is 4.98 Å². The van der Waals surface area contributed by atoms with Crippen molar-refractivity contribution in [3.05, 3.63) is 34.2 Å². The fourth-order valence-electron chi connectivity index (χ4n) is 4.73. The van der Waals surface area contributed by atoms with Gasteiger partial charge in [-0.2, -0.15) is 0 Å². The summed E-state index contributed by atoms with van der Waals surface area (Å²) in [5, 5.41) is 14.3. The Kier molecular flexibility index (Phi) is 5.72. The molecule has 1 atom stereocenters. The highest BCUT2D eigenvalue weighted by atomic mass is 16.5. The van der Waals surface area contributed by atoms with Gasteiger partial charge in [-0.05, 0) is 45.1 Å². The van der Waals surface area contributed by atoms with Gasteiger partial charge < -0.3 is 30.9 Å². The van der Waals surface area contributed by atoms with Crippen LogP contribution in [0.15, 0.2) is 18.1 Å². The summed E-state index contributed by atoms with van der Waals surface area (Å²) < 4.78 is 7.90. The van der Waals surface area contributed by atoms with Crippen LogP contribution < -0.4 is 27.9 Å². The molecule has 2 aromatic rings. The fraction of sp³-hybridized carbons (Fsp3) is 0.522. The van der Waals surface area contributed by atoms with Gasteiger partial charge in [0, 0.05) is 55.1 Å². The van der Waals surface area contributed by atoms with Gasteiger partial charge in [0.05, 0.1) is 16.6 Å². The van der Waals surface area contributed by atoms with Crippen LogP contribution in [0.1, 0.15) is 38.7 Å². The molecule has 7 N–H and O–H groups in total. The van der Waals surface area contributed by atoms with Crippen molar-refractivity contribution in [1.29, 1.82) is 0 Å². The molecule has 0 bridgehead atoms. The summed E-state index contributed by atoms with van der Waals surface area (Å²) in [6, 6.07) is 2.07. The third kappa shape index (κ3) is 4.15. The molecule has 0 amide bonds. The zero-order valence-corrected chi connectivity index (χ0v) is 18.6. The van der Waals surface area contributed by atoms with Gasteiger partial charge in [-0.25, -0.2) is 5.84 Å². The summed E-state index contributed by atoms with van der Waals surface area (Å²) in [5.74, 6) is 6.71. The van der Waals surface area contributed by atoms with Gasteiger partial charge in [-0.15, -0.1) is 0 Å². The number of hydrogen-bond donors (Lipinski definition) is 4. The summed E-state index contributed by atoms with van der Waals surface area (Å²) in [4.78, 5) is 4.79. The first-order valence-corrected chi connectivity index (χ1v) is 10.9. The van der Waals surface area contributed by atoms with Crippen molar-refractivity contribution >= 4 is 28.9 Å². The first-order chi connectivity index (χ1) is 14.7. The Morgan fingerprint density at radius 2 is 2.03 bits per heavy atom. The Morgan fingerprint density at radius 1 is 1.32 bits per heavy atom. The van der Waals surface area contributed by atoms with E-state index in [0.717, 1.165) is 66.2 Å². The van der Waals surface area contributed by atoms with E-state index < -0.39 is 5.60 Å². The zero-order valence-electron chi connectivity index (χ0n) is 18.6. The molecule has 1 aliphatic carbocycles. The van der Waals surface area contributed by atoms with Crippen LogP contribution in [-0.4, -0.2) is 45.5 Å². The Balaban J connectivity index is 1.93. The number of nitrogens with two attached hydrogens (primary N) is 3. The summed E-state index contributed by atoms with van der Waals surface area (Å²) in [6.45, 7) is 6.21. The number of pyridine rings is 1. The van der Waals surface area contributed by atoms with Gasteiger partial charge in [-0.1, -0.05) is 12.2 Å². The van der Waals surface area contributed by atoms with Crippen LogP contribution in [0.3, 0.4) is 0 Å². The second kappa shape index (κ2) is 8.18. The molecule has 8 nitrogen and oxygen atoms in total. The van der Waals surface area contributed by atoms with E-state index in [-0.39, 0.29) is 11.7 Å². The number of fused-ring (bicyclic) bond motifs is 3. The summed E-state index contributed by atoms with van der Waals surface area (Å²) in [6.07, 6.45) is 9.04. The van der Waals surface area contributed by atoms with E-state index in [4.69, 9.17) is 27.0 Å². The molecular formula is C23H34N6O2. The zero-order chi connectivity index (χ0) is 22.3. The molecule has 8 heteroatoms. The Hall–Kier alpha value is -2.55. The lowest BCUT2D eigenvalue weighted by Gasteiger charge is -2.27. The second-order valence-corrected chi connectivity index (χ2v) is 9.34. The van der Waals surface area contributed by atoms with Crippen molar-refractivity contribution in [2.75, 3.05) is 20.3 Å². The molecule has 1 unspecified atom stereocenters. The highest BCUT2D eigenvalue weighted by Gasteiger charge is 2.27. The molecule has 2 aliphatic rings. The normalized spacial score (nSPS) is 19.5. The largest absolute Gasteiger partial charge is 0.390 e. The minimum atomic E-state index is -0.793. The van der Waals surface area contributed by atoms with Gasteiger partial charge >= 0.3 is 0 Å². The topological polar surface area (TPSA) is 129 Å². The minimum Gasteiger partial charge on any atom is -0.390 e. The van der Waals surface area contributed by atoms with Crippen LogP contribution >= 0.6 is 0 Å². The maximum atomic E-state index is 10.6. The number of aliphatic hydroxyl groups is 1. The molecule has 1 aliphatic heterocycles. The molecule has 0 radical (unpaired) electrons. The second-order valence-electron chi connectivity index (χ2n) is 9.34. The van der Waals surface area contributed by atoms with Crippen molar-refractivity contribution in [2.45, 2.75) is 45.3 Å². The van der Waals surface area contributed by atoms with Crippen molar-refractivity contribution in [1.82, 2.24) is 14.6 Å². The van der Waals surface area contributed by atoms with Gasteiger partial charge in [0.25, 0.3) is 0 Å². The molecule has 1 fully saturated rings. The van der Waals surface area contributed by atoms with Crippen molar-refractivity contribution in [3.8, 4) is 0 Å². The molecule has 0 spiro atoms. The van der Waals surface area contributed by atoms with Gasteiger partial charge in [0.2, 0.25) is 0 Å². The number of aromatic nitrogens is 2. The quantitative estimate of drug-likeness (QED) is 0.396. The van der Waals surface area contributed by atoms with Crippen LogP contribution in [0, 0.1) is 11.8 Å². The summed E-state index contributed by atoms with van der Waals surface area (Å²) >= 11 is 0. The van der Waals surface area contributed by atoms with Crippen LogP contribution in [0.2, 0.25) is 0 Å². The predicted octanol–water partition coefficient (Wildman–Crippen LogP) is 0.164. The smallest absolute Gasteiger partial charge is 0.120 e. The molecule has 0 aromatic carbocycles. The molecule has 4 rings (SSSR count). The highest BCUT2D eigenvalue weighted by Crippen LogP contribution is 2.26. The predicted molar refractivity (Wildman–Crippen MR) is 123 cm³/mol. The average molecular weight is 427 g/mol. The summed E-state index contributed by atoms with van der Waals surface area (Å²) in [7, 11) is 1.71. The Labute approximate surface area is 182 Å². The molecule has 0 saturated carbocycles. The molecule has 168 valence electrons. The number of hydrazine groups is 1. The maximum Gasteiger partial charge on any atom is 0.120 e. The SMILES string of the molecule is CN(N)C(=C(N)N)c1cnc2c3c(n(CC4CCOCC4)c2c1)=CC(C(C)(C)O)CC=3. The minimum absolute atomic E-state index is 0.0440. The third-order valence-electron chi connectivity index (χ3n) is 6.50. The first kappa shape index (κ1) is 21.7. The van der Waals surface area contributed by atoms with Crippen LogP contribution in [0.4, 0.5) is 0 Å². The Morgan fingerprint density at radius 3 is 2.65 bits per heavy atom.